The molecule has 4 rings (SSSR count). The summed E-state index contributed by atoms with van der Waals surface area (Å²) in [5.74, 6) is 0. The molecule has 0 saturated carbocycles. The molecule has 0 amide bonds. The van der Waals surface area contributed by atoms with Gasteiger partial charge in [-0.25, -0.2) is 4.67 Å². The summed E-state index contributed by atoms with van der Waals surface area (Å²) < 4.78 is 2.22. The van der Waals surface area contributed by atoms with Gasteiger partial charge in [0.05, 0.1) is 29.8 Å². The van der Waals surface area contributed by atoms with E-state index in [1.54, 1.807) is 0 Å². The topological polar surface area (TPSA) is 23.5 Å². The lowest BCUT2D eigenvalue weighted by molar-refractivity contribution is 0.110. The predicted octanol–water partition coefficient (Wildman–Crippen LogP) is 5.13. The second-order valence-electron chi connectivity index (χ2n) is 9.32. The van der Waals surface area contributed by atoms with Crippen LogP contribution in [0.2, 0.25) is 0 Å². The lowest BCUT2D eigenvalue weighted by atomic mass is 10.0. The van der Waals surface area contributed by atoms with Crippen molar-refractivity contribution in [2.45, 2.75) is 19.1 Å². The van der Waals surface area contributed by atoms with Crippen molar-refractivity contribution in [2.24, 2.45) is 0 Å². The smallest absolute Gasteiger partial charge is 0.0975 e. The monoisotopic (exact) mass is 507 g/mol. The maximum absolute atomic E-state index is 11.3. The molecule has 0 aliphatic carbocycles. The zero-order valence-electron chi connectivity index (χ0n) is 21.1. The summed E-state index contributed by atoms with van der Waals surface area (Å²) >= 11 is 0. The van der Waals surface area contributed by atoms with Crippen LogP contribution in [0.25, 0.3) is 0 Å². The van der Waals surface area contributed by atoms with Crippen molar-refractivity contribution in [1.29, 1.82) is 0 Å². The number of nitrogens with zero attached hydrogens (tertiary/aromatic N) is 1. The summed E-state index contributed by atoms with van der Waals surface area (Å²) in [6, 6.07) is 40.9. The summed E-state index contributed by atoms with van der Waals surface area (Å²) in [7, 11) is 12.3. The molecule has 4 aromatic rings. The maximum Gasteiger partial charge on any atom is 0.0975 e. The molecule has 4 aromatic carbocycles. The van der Waals surface area contributed by atoms with Gasteiger partial charge in [0.15, 0.2) is 0 Å². The fourth-order valence-corrected chi connectivity index (χ4v) is 11.8. The van der Waals surface area contributed by atoms with Crippen molar-refractivity contribution in [2.75, 3.05) is 19.4 Å². The summed E-state index contributed by atoms with van der Waals surface area (Å²) in [4.78, 5) is 0. The Morgan fingerprint density at radius 1 is 0.639 bits per heavy atom. The molecule has 180 valence electrons. The normalized spacial score (nSPS) is 15.3. The third-order valence-corrected chi connectivity index (χ3v) is 14.5. The van der Waals surface area contributed by atoms with Crippen molar-refractivity contribution in [3.8, 4) is 0 Å². The van der Waals surface area contributed by atoms with Crippen molar-refractivity contribution >= 4 is 45.5 Å². The Bertz CT molecular complexity index is 1180. The molecular weight excluding hydrogens is 474 g/mol. The third-order valence-electron chi connectivity index (χ3n) is 7.18. The van der Waals surface area contributed by atoms with Gasteiger partial charge in [0.2, 0.25) is 0 Å². The third kappa shape index (κ3) is 5.69. The van der Waals surface area contributed by atoms with E-state index >= 15 is 0 Å². The van der Waals surface area contributed by atoms with Gasteiger partial charge in [0.25, 0.3) is 0 Å². The minimum absolute atomic E-state index is 0.176. The summed E-state index contributed by atoms with van der Waals surface area (Å²) in [5, 5.41) is 14.7. The highest BCUT2D eigenvalue weighted by molar-refractivity contribution is 8.09. The van der Waals surface area contributed by atoms with Gasteiger partial charge < -0.3 is 5.11 Å². The number of benzene rings is 4. The summed E-state index contributed by atoms with van der Waals surface area (Å²) in [6.07, 6.45) is 0.870. The van der Waals surface area contributed by atoms with E-state index in [2.05, 4.69) is 79.3 Å². The standard InChI is InChI=1S/C30H33B2NOP2/c1-25(30(34)26-15-7-3-8-16-26)33(2)36(32,29-21-13-6-14-22-29)24-23-35(31,27-17-9-4-10-18-27)28-19-11-5-12-20-28/h3-22,25,30,34H,23-24H2,1-2H3/t25-,30-,36?/m0/s1. The Labute approximate surface area is 220 Å². The molecule has 0 aliphatic heterocycles. The quantitative estimate of drug-likeness (QED) is 0.238. The minimum Gasteiger partial charge on any atom is -0.387 e. The maximum atomic E-state index is 11.3. The molecule has 0 aliphatic rings. The number of likely N-dealkylation sites (N-methyl/N-ethyl adjacent to an activating group) is 1. The molecule has 6 radical (unpaired) electrons. The van der Waals surface area contributed by atoms with E-state index in [1.807, 2.05) is 60.7 Å². The SMILES string of the molecule is [B-][P+](CC[P+]([B-])(c1ccccc1)N(C)[C@@H](C)[C@H](O)c1ccccc1)(c1ccccc1)c1ccccc1. The average molecular weight is 507 g/mol. The highest BCUT2D eigenvalue weighted by Gasteiger charge is 2.37. The second-order valence-corrected chi connectivity index (χ2v) is 15.8. The molecule has 3 atom stereocenters. The lowest BCUT2D eigenvalue weighted by Gasteiger charge is -2.49. The largest absolute Gasteiger partial charge is 0.387 e. The Morgan fingerprint density at radius 3 is 1.47 bits per heavy atom. The van der Waals surface area contributed by atoms with Gasteiger partial charge >= 0.3 is 0 Å². The molecule has 6 heteroatoms. The molecule has 0 bridgehead atoms. The molecule has 0 heterocycles. The molecule has 2 nitrogen and oxygen atoms in total. The first-order chi connectivity index (χ1) is 17.4. The van der Waals surface area contributed by atoms with Crippen LogP contribution >= 0.6 is 14.4 Å². The van der Waals surface area contributed by atoms with Crippen LogP contribution in [0, 0.1) is 0 Å². The van der Waals surface area contributed by atoms with Gasteiger partial charge in [-0.15, -0.1) is 7.29 Å². The molecule has 1 N–H and O–H groups in total. The lowest BCUT2D eigenvalue weighted by Crippen LogP contribution is -2.40. The van der Waals surface area contributed by atoms with Crippen LogP contribution < -0.4 is 15.9 Å². The van der Waals surface area contributed by atoms with E-state index in [0.717, 1.165) is 23.2 Å². The van der Waals surface area contributed by atoms with Crippen molar-refractivity contribution < 1.29 is 5.11 Å². The fraction of sp³-hybridized carbons (Fsp3) is 0.200. The average Bonchev–Trinajstić information content (AvgIpc) is 2.96. The van der Waals surface area contributed by atoms with Gasteiger partial charge in [-0.05, 0) is 48.9 Å². The van der Waals surface area contributed by atoms with Crippen LogP contribution in [0.1, 0.15) is 18.6 Å². The fourth-order valence-electron chi connectivity index (χ4n) is 4.72. The highest BCUT2D eigenvalue weighted by Crippen LogP contribution is 2.62. The van der Waals surface area contributed by atoms with Crippen molar-refractivity contribution in [3.63, 3.8) is 0 Å². The van der Waals surface area contributed by atoms with E-state index in [9.17, 15) is 5.11 Å². The predicted molar refractivity (Wildman–Crippen MR) is 162 cm³/mol. The van der Waals surface area contributed by atoms with Gasteiger partial charge in [-0.1, -0.05) is 84.9 Å². The molecule has 36 heavy (non-hydrogen) atoms. The summed E-state index contributed by atoms with van der Waals surface area (Å²) in [6.45, 7) is 2.06. The molecule has 0 spiro atoms. The molecule has 0 fully saturated rings. The zero-order chi connectivity index (χ0) is 25.6. The number of aliphatic hydroxyl groups excluding tert-OH is 1. The van der Waals surface area contributed by atoms with Crippen LogP contribution in [-0.2, 0) is 0 Å². The Hall–Kier alpha value is -2.21. The molecular formula is C30H33B2NOP2. The van der Waals surface area contributed by atoms with Gasteiger partial charge in [0, 0.05) is 17.7 Å². The van der Waals surface area contributed by atoms with Gasteiger partial charge in [-0.2, -0.15) is 7.14 Å². The van der Waals surface area contributed by atoms with Crippen LogP contribution in [0.3, 0.4) is 0 Å². The Morgan fingerprint density at radius 2 is 1.03 bits per heavy atom. The van der Waals surface area contributed by atoms with E-state index in [1.165, 1.54) is 10.6 Å². The van der Waals surface area contributed by atoms with Crippen LogP contribution in [0.4, 0.5) is 0 Å². The van der Waals surface area contributed by atoms with E-state index < -0.39 is 20.5 Å². The second kappa shape index (κ2) is 11.9. The zero-order valence-corrected chi connectivity index (χ0v) is 22.8. The van der Waals surface area contributed by atoms with Gasteiger partial charge in [-0.3, -0.25) is 15.1 Å². The van der Waals surface area contributed by atoms with Crippen molar-refractivity contribution in [1.82, 2.24) is 4.67 Å². The first-order valence-electron chi connectivity index (χ1n) is 12.3. The number of hydrogen-bond acceptors (Lipinski definition) is 2. The Kier molecular flexibility index (Phi) is 8.87. The molecule has 0 saturated heterocycles. The minimum atomic E-state index is -2.36. The van der Waals surface area contributed by atoms with Crippen LogP contribution in [-0.4, -0.2) is 50.3 Å². The summed E-state index contributed by atoms with van der Waals surface area (Å²) in [5.41, 5.74) is 0.894. The number of hydrogen-bond donors (Lipinski definition) is 1. The van der Waals surface area contributed by atoms with Gasteiger partial charge in [0.1, 0.15) is 0 Å². The Balaban J connectivity index is 1.70. The highest BCUT2D eigenvalue weighted by atomic mass is 31.2. The first kappa shape index (κ1) is 26.8. The van der Waals surface area contributed by atoms with Crippen LogP contribution in [0.5, 0.6) is 0 Å². The van der Waals surface area contributed by atoms with E-state index in [4.69, 9.17) is 15.1 Å². The van der Waals surface area contributed by atoms with E-state index in [0.29, 0.717) is 0 Å². The number of aliphatic hydroxyl groups is 1. The molecule has 1 unspecified atom stereocenters. The molecule has 0 aromatic heterocycles. The number of rotatable bonds is 10. The van der Waals surface area contributed by atoms with Crippen LogP contribution in [0.15, 0.2) is 121 Å². The first-order valence-corrected chi connectivity index (χ1v) is 16.4. The van der Waals surface area contributed by atoms with Crippen molar-refractivity contribution in [3.05, 3.63) is 127 Å². The van der Waals surface area contributed by atoms with E-state index in [-0.39, 0.29) is 6.04 Å².